The number of alkyl carbamates (subject to hydrolysis) is 1. The first-order chi connectivity index (χ1) is 9.83. The molecule has 0 fully saturated rings. The number of pyridine rings is 1. The molecule has 2 aromatic heterocycles. The van der Waals surface area contributed by atoms with Crippen molar-refractivity contribution in [2.45, 2.75) is 26.4 Å². The van der Waals surface area contributed by atoms with Crippen molar-refractivity contribution >= 4 is 17.3 Å². The van der Waals surface area contributed by atoms with Crippen LogP contribution in [0.1, 0.15) is 26.3 Å². The first-order valence-electron chi connectivity index (χ1n) is 6.28. The summed E-state index contributed by atoms with van der Waals surface area (Å²) in [5, 5.41) is 2.52. The zero-order valence-corrected chi connectivity index (χ0v) is 11.9. The number of oxazole rings is 1. The summed E-state index contributed by atoms with van der Waals surface area (Å²) in [6.45, 7) is 5.49. The number of carbonyl (C=O) groups excluding carboxylic acids is 1. The molecule has 0 aliphatic rings. The van der Waals surface area contributed by atoms with Gasteiger partial charge in [-0.05, 0) is 20.8 Å². The van der Waals surface area contributed by atoms with Crippen LogP contribution in [-0.4, -0.2) is 28.2 Å². The van der Waals surface area contributed by atoms with E-state index in [9.17, 15) is 9.59 Å². The summed E-state index contributed by atoms with van der Waals surface area (Å²) in [5.74, 6) is 5.00. The summed E-state index contributed by atoms with van der Waals surface area (Å²) in [6, 6.07) is 1.60. The third kappa shape index (κ3) is 4.38. The minimum atomic E-state index is -0.561. The number of rotatable bonds is 1. The average Bonchev–Trinajstić information content (AvgIpc) is 2.71. The summed E-state index contributed by atoms with van der Waals surface area (Å²) < 4.78 is 9.94. The molecule has 21 heavy (non-hydrogen) atoms. The fraction of sp³-hybridized carbons (Fsp3) is 0.357. The van der Waals surface area contributed by atoms with Crippen LogP contribution >= 0.6 is 0 Å². The van der Waals surface area contributed by atoms with Crippen molar-refractivity contribution in [3.63, 3.8) is 0 Å². The Morgan fingerprint density at radius 3 is 3.00 bits per heavy atom. The Kier molecular flexibility index (Phi) is 3.98. The molecule has 0 aliphatic carbocycles. The largest absolute Gasteiger partial charge is 0.444 e. The predicted octanol–water partition coefficient (Wildman–Crippen LogP) is 1.39. The lowest BCUT2D eigenvalue weighted by Gasteiger charge is -2.18. The van der Waals surface area contributed by atoms with Gasteiger partial charge in [-0.15, -0.1) is 0 Å². The van der Waals surface area contributed by atoms with Crippen molar-refractivity contribution in [2.24, 2.45) is 0 Å². The van der Waals surface area contributed by atoms with Crippen molar-refractivity contribution in [1.82, 2.24) is 15.3 Å². The summed E-state index contributed by atoms with van der Waals surface area (Å²) in [6.07, 6.45) is 0.982. The molecule has 0 saturated carbocycles. The smallest absolute Gasteiger partial charge is 0.418 e. The molecule has 2 N–H and O–H groups in total. The van der Waals surface area contributed by atoms with E-state index in [0.717, 1.165) is 0 Å². The van der Waals surface area contributed by atoms with Gasteiger partial charge in [0.15, 0.2) is 11.2 Å². The minimum absolute atomic E-state index is 0.143. The highest BCUT2D eigenvalue weighted by Crippen LogP contribution is 2.08. The van der Waals surface area contributed by atoms with Crippen LogP contribution in [0.5, 0.6) is 0 Å². The van der Waals surface area contributed by atoms with Gasteiger partial charge in [-0.3, -0.25) is 4.98 Å². The number of aromatic nitrogens is 2. The number of hydrogen-bond acceptors (Lipinski definition) is 5. The van der Waals surface area contributed by atoms with Crippen LogP contribution < -0.4 is 11.1 Å². The van der Waals surface area contributed by atoms with Gasteiger partial charge in [0.05, 0.1) is 6.54 Å². The van der Waals surface area contributed by atoms with E-state index in [1.807, 2.05) is 0 Å². The summed E-state index contributed by atoms with van der Waals surface area (Å²) in [7, 11) is 0. The highest BCUT2D eigenvalue weighted by atomic mass is 16.6. The third-order valence-electron chi connectivity index (χ3n) is 2.23. The van der Waals surface area contributed by atoms with Crippen molar-refractivity contribution in [2.75, 3.05) is 6.54 Å². The average molecular weight is 289 g/mol. The zero-order valence-electron chi connectivity index (χ0n) is 11.9. The number of carbonyl (C=O) groups is 1. The third-order valence-corrected chi connectivity index (χ3v) is 2.23. The van der Waals surface area contributed by atoms with E-state index in [-0.39, 0.29) is 6.54 Å². The molecule has 2 rings (SSSR count). The second-order valence-electron chi connectivity index (χ2n) is 5.24. The molecule has 0 bridgehead atoms. The lowest BCUT2D eigenvalue weighted by molar-refractivity contribution is 0.0535. The lowest BCUT2D eigenvalue weighted by atomic mass is 10.2. The number of H-pyrrole nitrogens is 1. The summed E-state index contributed by atoms with van der Waals surface area (Å²) in [5.41, 5.74) is 0.749. The SMILES string of the molecule is CC(C)(C)OC(=O)NCC#Cc1cnc2[nH]c(=O)oc2c1. The monoisotopic (exact) mass is 289 g/mol. The molecule has 7 heteroatoms. The van der Waals surface area contributed by atoms with Crippen LogP contribution in [0.2, 0.25) is 0 Å². The fourth-order valence-electron chi connectivity index (χ4n) is 1.48. The van der Waals surface area contributed by atoms with Gasteiger partial charge in [0.1, 0.15) is 5.60 Å². The van der Waals surface area contributed by atoms with Crippen LogP contribution in [0.3, 0.4) is 0 Å². The normalized spacial score (nSPS) is 10.8. The molecule has 2 heterocycles. The molecule has 0 radical (unpaired) electrons. The fourth-order valence-corrected chi connectivity index (χ4v) is 1.48. The molecular formula is C14H15N3O4. The van der Waals surface area contributed by atoms with Crippen molar-refractivity contribution < 1.29 is 13.9 Å². The maximum atomic E-state index is 11.4. The first kappa shape index (κ1) is 14.7. The molecule has 0 atom stereocenters. The highest BCUT2D eigenvalue weighted by Gasteiger charge is 2.14. The second-order valence-corrected chi connectivity index (χ2v) is 5.24. The molecular weight excluding hydrogens is 274 g/mol. The van der Waals surface area contributed by atoms with Gasteiger partial charge in [0.2, 0.25) is 0 Å². The van der Waals surface area contributed by atoms with Gasteiger partial charge in [0.25, 0.3) is 0 Å². The number of nitrogens with zero attached hydrogens (tertiary/aromatic N) is 1. The summed E-state index contributed by atoms with van der Waals surface area (Å²) in [4.78, 5) is 28.8. The summed E-state index contributed by atoms with van der Waals surface area (Å²) >= 11 is 0. The van der Waals surface area contributed by atoms with Crippen molar-refractivity contribution in [1.29, 1.82) is 0 Å². The second kappa shape index (κ2) is 5.71. The minimum Gasteiger partial charge on any atom is -0.444 e. The van der Waals surface area contributed by atoms with E-state index < -0.39 is 17.5 Å². The van der Waals surface area contributed by atoms with Crippen LogP contribution in [0.25, 0.3) is 11.2 Å². The molecule has 0 saturated heterocycles. The van der Waals surface area contributed by atoms with Crippen LogP contribution in [0.15, 0.2) is 21.5 Å². The maximum absolute atomic E-state index is 11.4. The number of fused-ring (bicyclic) bond motifs is 1. The Balaban J connectivity index is 1.95. The Morgan fingerprint density at radius 1 is 1.52 bits per heavy atom. The molecule has 0 unspecified atom stereocenters. The highest BCUT2D eigenvalue weighted by molar-refractivity contribution is 5.69. The molecule has 7 nitrogen and oxygen atoms in total. The van der Waals surface area contributed by atoms with Gasteiger partial charge in [0, 0.05) is 17.8 Å². The van der Waals surface area contributed by atoms with Gasteiger partial charge >= 0.3 is 11.8 Å². The van der Waals surface area contributed by atoms with Gasteiger partial charge in [-0.2, -0.15) is 0 Å². The number of aromatic amines is 1. The molecule has 0 aliphatic heterocycles. The van der Waals surface area contributed by atoms with E-state index in [2.05, 4.69) is 27.1 Å². The maximum Gasteiger partial charge on any atom is 0.418 e. The number of amides is 1. The lowest BCUT2D eigenvalue weighted by Crippen LogP contribution is -2.32. The number of hydrogen-bond donors (Lipinski definition) is 2. The Morgan fingerprint density at radius 2 is 2.29 bits per heavy atom. The van der Waals surface area contributed by atoms with Gasteiger partial charge in [-0.1, -0.05) is 11.8 Å². The van der Waals surface area contributed by atoms with E-state index in [4.69, 9.17) is 9.15 Å². The van der Waals surface area contributed by atoms with Crippen molar-refractivity contribution in [3.05, 3.63) is 28.4 Å². The van der Waals surface area contributed by atoms with E-state index in [0.29, 0.717) is 16.8 Å². The van der Waals surface area contributed by atoms with Crippen LogP contribution in [0.4, 0.5) is 4.79 Å². The van der Waals surface area contributed by atoms with Crippen LogP contribution in [-0.2, 0) is 4.74 Å². The molecule has 0 spiro atoms. The van der Waals surface area contributed by atoms with E-state index in [1.165, 1.54) is 6.20 Å². The number of nitrogens with one attached hydrogen (secondary N) is 2. The molecule has 110 valence electrons. The quantitative estimate of drug-likeness (QED) is 0.773. The van der Waals surface area contributed by atoms with E-state index >= 15 is 0 Å². The van der Waals surface area contributed by atoms with E-state index in [1.54, 1.807) is 26.8 Å². The standard InChI is InChI=1S/C14H15N3O4/c1-14(2,3)21-12(18)15-6-4-5-9-7-10-11(16-8-9)17-13(19)20-10/h7-8H,6H2,1-3H3,(H,15,18)(H,16,17,19). The Hall–Kier alpha value is -2.75. The Bertz CT molecular complexity index is 771. The molecule has 1 amide bonds. The topological polar surface area (TPSA) is 97.2 Å². The predicted molar refractivity (Wildman–Crippen MR) is 75.7 cm³/mol. The van der Waals surface area contributed by atoms with Crippen LogP contribution in [0, 0.1) is 11.8 Å². The van der Waals surface area contributed by atoms with Gasteiger partial charge in [-0.25, -0.2) is 14.6 Å². The Labute approximate surface area is 120 Å². The first-order valence-corrected chi connectivity index (χ1v) is 6.28. The molecule has 2 aromatic rings. The van der Waals surface area contributed by atoms with Crippen molar-refractivity contribution in [3.8, 4) is 11.8 Å². The van der Waals surface area contributed by atoms with Gasteiger partial charge < -0.3 is 14.5 Å². The zero-order chi connectivity index (χ0) is 15.5. The molecule has 0 aromatic carbocycles. The number of ether oxygens (including phenoxy) is 1.